The fourth-order valence-corrected chi connectivity index (χ4v) is 2.57. The minimum absolute atomic E-state index is 0.134. The second-order valence-electron chi connectivity index (χ2n) is 6.70. The van der Waals surface area contributed by atoms with Crippen LogP contribution in [0.1, 0.15) is 33.3 Å². The van der Waals surface area contributed by atoms with Gasteiger partial charge in [-0.1, -0.05) is 12.1 Å². The van der Waals surface area contributed by atoms with Crippen molar-refractivity contribution in [2.24, 2.45) is 0 Å². The summed E-state index contributed by atoms with van der Waals surface area (Å²) in [6, 6.07) is 7.43. The smallest absolute Gasteiger partial charge is 0.255 e. The van der Waals surface area contributed by atoms with E-state index in [1.807, 2.05) is 38.1 Å². The first-order chi connectivity index (χ1) is 14.4. The zero-order chi connectivity index (χ0) is 22.4. The Morgan fingerprint density at radius 2 is 1.43 bits per heavy atom. The van der Waals surface area contributed by atoms with E-state index < -0.39 is 12.2 Å². The van der Waals surface area contributed by atoms with Crippen LogP contribution in [0.2, 0.25) is 0 Å². The van der Waals surface area contributed by atoms with Crippen molar-refractivity contribution in [3.05, 3.63) is 29.8 Å². The highest BCUT2D eigenvalue weighted by atomic mass is 16.5. The minimum Gasteiger partial charge on any atom is -0.379 e. The average molecular weight is 425 g/mol. The van der Waals surface area contributed by atoms with Gasteiger partial charge in [-0.05, 0) is 45.4 Å². The average Bonchev–Trinajstić information content (AvgIpc) is 2.77. The molecule has 170 valence electrons. The van der Waals surface area contributed by atoms with Crippen LogP contribution in [0.3, 0.4) is 0 Å². The highest BCUT2D eigenvalue weighted by Crippen LogP contribution is 2.15. The molecule has 1 N–H and O–H groups in total. The monoisotopic (exact) mass is 424 g/mol. The Balaban J connectivity index is 2.44. The Morgan fingerprint density at radius 1 is 0.900 bits per heavy atom. The van der Waals surface area contributed by atoms with E-state index in [1.165, 1.54) is 0 Å². The van der Waals surface area contributed by atoms with Gasteiger partial charge in [-0.3, -0.25) is 9.59 Å². The number of ether oxygens (including phenoxy) is 4. The molecule has 0 bridgehead atoms. The van der Waals surface area contributed by atoms with Crippen molar-refractivity contribution in [3.63, 3.8) is 0 Å². The molecule has 0 aliphatic heterocycles. The maximum atomic E-state index is 12.5. The van der Waals surface area contributed by atoms with Crippen molar-refractivity contribution in [1.29, 1.82) is 0 Å². The third-order valence-electron chi connectivity index (χ3n) is 4.44. The van der Waals surface area contributed by atoms with Crippen molar-refractivity contribution in [2.75, 3.05) is 51.6 Å². The summed E-state index contributed by atoms with van der Waals surface area (Å²) in [7, 11) is 1.71. The van der Waals surface area contributed by atoms with Gasteiger partial charge < -0.3 is 29.2 Å². The van der Waals surface area contributed by atoms with Crippen LogP contribution >= 0.6 is 0 Å². The Kier molecular flexibility index (Phi) is 12.9. The van der Waals surface area contributed by atoms with Gasteiger partial charge in [0.2, 0.25) is 5.91 Å². The Hall–Kier alpha value is -2.00. The van der Waals surface area contributed by atoms with Gasteiger partial charge in [0.15, 0.2) is 0 Å². The third kappa shape index (κ3) is 9.67. The number of nitrogens with zero attached hydrogens (tertiary/aromatic N) is 1. The van der Waals surface area contributed by atoms with E-state index in [2.05, 4.69) is 5.32 Å². The lowest BCUT2D eigenvalue weighted by Gasteiger charge is -2.22. The van der Waals surface area contributed by atoms with Crippen LogP contribution in [0.5, 0.6) is 0 Å². The molecule has 0 radical (unpaired) electrons. The lowest BCUT2D eigenvalue weighted by Crippen LogP contribution is -2.37. The molecule has 0 aromatic heterocycles. The summed E-state index contributed by atoms with van der Waals surface area (Å²) in [6.45, 7) is 10.6. The highest BCUT2D eigenvalue weighted by molar-refractivity contribution is 5.95. The highest BCUT2D eigenvalue weighted by Gasteiger charge is 2.19. The molecule has 0 spiro atoms. The Morgan fingerprint density at radius 3 is 1.97 bits per heavy atom. The first-order valence-electron chi connectivity index (χ1n) is 10.4. The first-order valence-corrected chi connectivity index (χ1v) is 10.4. The van der Waals surface area contributed by atoms with E-state index in [9.17, 15) is 9.59 Å². The van der Waals surface area contributed by atoms with Crippen molar-refractivity contribution in [1.82, 2.24) is 5.32 Å². The lowest BCUT2D eigenvalue weighted by molar-refractivity contribution is -0.132. The van der Waals surface area contributed by atoms with Crippen LogP contribution in [-0.4, -0.2) is 70.7 Å². The molecule has 1 rings (SSSR count). The normalized spacial score (nSPS) is 13.0. The number of rotatable bonds is 15. The van der Waals surface area contributed by atoms with Crippen LogP contribution in [0.4, 0.5) is 5.69 Å². The summed E-state index contributed by atoms with van der Waals surface area (Å²) in [4.78, 5) is 26.1. The number of benzene rings is 1. The molecule has 0 aliphatic rings. The number of nitrogens with one attached hydrogen (secondary N) is 1. The van der Waals surface area contributed by atoms with Gasteiger partial charge in [-0.25, -0.2) is 0 Å². The van der Waals surface area contributed by atoms with E-state index >= 15 is 0 Å². The topological polar surface area (TPSA) is 86.3 Å². The van der Waals surface area contributed by atoms with E-state index in [1.54, 1.807) is 25.8 Å². The van der Waals surface area contributed by atoms with Gasteiger partial charge in [0, 0.05) is 32.5 Å². The zero-order valence-corrected chi connectivity index (χ0v) is 18.8. The fourth-order valence-electron chi connectivity index (χ4n) is 2.57. The van der Waals surface area contributed by atoms with Crippen LogP contribution in [0.25, 0.3) is 0 Å². The Labute approximate surface area is 179 Å². The fraction of sp³-hybridized carbons (Fsp3) is 0.636. The van der Waals surface area contributed by atoms with Crippen LogP contribution in [0.15, 0.2) is 24.3 Å². The van der Waals surface area contributed by atoms with Crippen molar-refractivity contribution in [3.8, 4) is 0 Å². The summed E-state index contributed by atoms with van der Waals surface area (Å²) >= 11 is 0. The molecule has 8 heteroatoms. The summed E-state index contributed by atoms with van der Waals surface area (Å²) in [5.41, 5.74) is 1.68. The molecule has 0 saturated carbocycles. The molecule has 30 heavy (non-hydrogen) atoms. The largest absolute Gasteiger partial charge is 0.379 e. The third-order valence-corrected chi connectivity index (χ3v) is 4.44. The van der Waals surface area contributed by atoms with Crippen molar-refractivity contribution >= 4 is 17.5 Å². The molecule has 2 atom stereocenters. The molecule has 2 amide bonds. The summed E-state index contributed by atoms with van der Waals surface area (Å²) < 4.78 is 21.3. The van der Waals surface area contributed by atoms with Gasteiger partial charge in [0.05, 0.1) is 26.4 Å². The molecule has 0 heterocycles. The van der Waals surface area contributed by atoms with E-state index in [4.69, 9.17) is 18.9 Å². The molecular formula is C22H36N2O6. The molecule has 8 nitrogen and oxygen atoms in total. The minimum atomic E-state index is -0.557. The van der Waals surface area contributed by atoms with Crippen molar-refractivity contribution in [2.45, 2.75) is 46.4 Å². The van der Waals surface area contributed by atoms with Gasteiger partial charge >= 0.3 is 0 Å². The number of likely N-dealkylation sites (N-methyl/N-ethyl adjacent to an activating group) is 1. The zero-order valence-electron chi connectivity index (χ0n) is 18.8. The number of hydrogen-bond donors (Lipinski definition) is 1. The Bertz CT molecular complexity index is 623. The van der Waals surface area contributed by atoms with E-state index in [-0.39, 0.29) is 11.8 Å². The summed E-state index contributed by atoms with van der Waals surface area (Å²) in [6.07, 6.45) is -1.10. The second-order valence-corrected chi connectivity index (χ2v) is 6.70. The molecule has 0 saturated heterocycles. The van der Waals surface area contributed by atoms with E-state index in [0.29, 0.717) is 46.2 Å². The number of carbonyl (C=O) groups is 2. The van der Waals surface area contributed by atoms with E-state index in [0.717, 1.165) is 11.3 Å². The molecule has 0 unspecified atom stereocenters. The molecular weight excluding hydrogens is 388 g/mol. The molecule has 1 aromatic carbocycles. The number of carbonyl (C=O) groups excluding carboxylic acids is 2. The van der Waals surface area contributed by atoms with Crippen LogP contribution < -0.4 is 10.2 Å². The van der Waals surface area contributed by atoms with Crippen molar-refractivity contribution < 1.29 is 28.5 Å². The SMILES string of the molecule is CCOCCO[C@@H](C)C(=O)NCc1ccc(N(C)C(=O)[C@@H](C)OCCOCC)cc1. The molecule has 0 fully saturated rings. The lowest BCUT2D eigenvalue weighted by atomic mass is 10.2. The van der Waals surface area contributed by atoms with Gasteiger partial charge in [0.1, 0.15) is 12.2 Å². The summed E-state index contributed by atoms with van der Waals surface area (Å²) in [5, 5.41) is 2.85. The van der Waals surface area contributed by atoms with Gasteiger partial charge in [-0.15, -0.1) is 0 Å². The summed E-state index contributed by atoms with van der Waals surface area (Å²) in [5.74, 6) is -0.313. The maximum Gasteiger partial charge on any atom is 0.255 e. The standard InChI is InChI=1S/C22H36N2O6/c1-6-27-12-14-29-17(3)21(25)23-16-19-8-10-20(11-9-19)24(5)22(26)18(4)30-15-13-28-7-2/h8-11,17-18H,6-7,12-16H2,1-5H3,(H,23,25)/t17-,18+/m0/s1. The quantitative estimate of drug-likeness (QED) is 0.434. The molecule has 0 aliphatic carbocycles. The van der Waals surface area contributed by atoms with Crippen LogP contribution in [0, 0.1) is 0 Å². The van der Waals surface area contributed by atoms with Gasteiger partial charge in [0.25, 0.3) is 5.91 Å². The maximum absolute atomic E-state index is 12.5. The number of anilines is 1. The second kappa shape index (κ2) is 14.9. The molecule has 1 aromatic rings. The number of hydrogen-bond acceptors (Lipinski definition) is 6. The predicted molar refractivity (Wildman–Crippen MR) is 116 cm³/mol. The first kappa shape index (κ1) is 26.0. The predicted octanol–water partition coefficient (Wildman–Crippen LogP) is 2.15. The van der Waals surface area contributed by atoms with Gasteiger partial charge in [-0.2, -0.15) is 0 Å². The van der Waals surface area contributed by atoms with Crippen LogP contribution in [-0.2, 0) is 35.1 Å². The number of amides is 2.